The van der Waals surface area contributed by atoms with Crippen molar-refractivity contribution in [2.75, 3.05) is 40.0 Å². The lowest BCUT2D eigenvalue weighted by Gasteiger charge is -2.38. The summed E-state index contributed by atoms with van der Waals surface area (Å²) in [5.41, 5.74) is 5.48. The fourth-order valence-corrected chi connectivity index (χ4v) is 3.37. The molecule has 0 aromatic carbocycles. The molecule has 2 heterocycles. The molecule has 2 N–H and O–H groups in total. The fraction of sp³-hybridized carbons (Fsp3) is 0.667. The van der Waals surface area contributed by atoms with Gasteiger partial charge in [0.25, 0.3) is 0 Å². The molecule has 0 saturated carbocycles. The van der Waals surface area contributed by atoms with Crippen LogP contribution >= 0.6 is 11.3 Å². The van der Waals surface area contributed by atoms with Gasteiger partial charge in [0.15, 0.2) is 0 Å². The molecule has 5 nitrogen and oxygen atoms in total. The van der Waals surface area contributed by atoms with Gasteiger partial charge in [-0.05, 0) is 24.3 Å². The van der Waals surface area contributed by atoms with Gasteiger partial charge in [-0.2, -0.15) is 0 Å². The van der Waals surface area contributed by atoms with E-state index in [4.69, 9.17) is 15.2 Å². The van der Waals surface area contributed by atoms with E-state index in [2.05, 4.69) is 6.07 Å². The Balaban J connectivity index is 2.11. The predicted molar refractivity (Wildman–Crippen MR) is 83.2 cm³/mol. The van der Waals surface area contributed by atoms with E-state index >= 15 is 0 Å². The average Bonchev–Trinajstić information content (AvgIpc) is 3.04. The van der Waals surface area contributed by atoms with E-state index in [1.165, 1.54) is 4.88 Å². The number of amides is 1. The second-order valence-electron chi connectivity index (χ2n) is 5.40. The molecule has 0 bridgehead atoms. The highest BCUT2D eigenvalue weighted by molar-refractivity contribution is 7.09. The molecule has 1 saturated heterocycles. The summed E-state index contributed by atoms with van der Waals surface area (Å²) in [6.07, 6.45) is 1.41. The van der Waals surface area contributed by atoms with Crippen molar-refractivity contribution in [1.29, 1.82) is 0 Å². The van der Waals surface area contributed by atoms with Gasteiger partial charge in [0.1, 0.15) is 0 Å². The molecule has 2 rings (SSSR count). The Morgan fingerprint density at radius 3 is 2.86 bits per heavy atom. The van der Waals surface area contributed by atoms with Crippen molar-refractivity contribution in [2.45, 2.75) is 19.4 Å². The van der Waals surface area contributed by atoms with E-state index in [0.29, 0.717) is 52.3 Å². The molecule has 0 spiro atoms. The predicted octanol–water partition coefficient (Wildman–Crippen LogP) is 1.48. The smallest absolute Gasteiger partial charge is 0.230 e. The van der Waals surface area contributed by atoms with Gasteiger partial charge >= 0.3 is 0 Å². The van der Waals surface area contributed by atoms with Crippen LogP contribution in [0.25, 0.3) is 0 Å². The maximum absolute atomic E-state index is 13.0. The summed E-state index contributed by atoms with van der Waals surface area (Å²) >= 11 is 1.66. The Morgan fingerprint density at radius 1 is 1.52 bits per heavy atom. The van der Waals surface area contributed by atoms with Gasteiger partial charge in [0.2, 0.25) is 5.91 Å². The SMILES string of the molecule is COCCN(Cc1cccs1)C(=O)C1(CN)CCOCC1. The van der Waals surface area contributed by atoms with Gasteiger partial charge in [-0.15, -0.1) is 11.3 Å². The van der Waals surface area contributed by atoms with E-state index in [-0.39, 0.29) is 5.91 Å². The molecular weight excluding hydrogens is 288 g/mol. The summed E-state index contributed by atoms with van der Waals surface area (Å²) < 4.78 is 10.5. The van der Waals surface area contributed by atoms with Crippen LogP contribution in [0.2, 0.25) is 0 Å². The quantitative estimate of drug-likeness (QED) is 0.828. The lowest BCUT2D eigenvalue weighted by atomic mass is 9.79. The van der Waals surface area contributed by atoms with Crippen molar-refractivity contribution in [3.63, 3.8) is 0 Å². The lowest BCUT2D eigenvalue weighted by molar-refractivity contribution is -0.148. The Labute approximate surface area is 130 Å². The van der Waals surface area contributed by atoms with Crippen LogP contribution in [0, 0.1) is 5.41 Å². The molecule has 1 aliphatic rings. The Bertz CT molecular complexity index is 430. The number of carbonyl (C=O) groups is 1. The van der Waals surface area contributed by atoms with Crippen LogP contribution in [0.4, 0.5) is 0 Å². The number of rotatable bonds is 7. The lowest BCUT2D eigenvalue weighted by Crippen LogP contribution is -2.51. The van der Waals surface area contributed by atoms with E-state index in [0.717, 1.165) is 0 Å². The highest BCUT2D eigenvalue weighted by atomic mass is 32.1. The Kier molecular flexibility index (Phi) is 6.17. The number of thiophene rings is 1. The average molecular weight is 312 g/mol. The molecule has 1 aliphatic heterocycles. The van der Waals surface area contributed by atoms with Gasteiger partial charge in [0.05, 0.1) is 18.6 Å². The zero-order valence-corrected chi connectivity index (χ0v) is 13.4. The molecule has 0 radical (unpaired) electrons. The maximum atomic E-state index is 13.0. The molecule has 6 heteroatoms. The highest BCUT2D eigenvalue weighted by Gasteiger charge is 2.41. The highest BCUT2D eigenvalue weighted by Crippen LogP contribution is 2.32. The van der Waals surface area contributed by atoms with Gasteiger partial charge < -0.3 is 20.1 Å². The third-order valence-electron chi connectivity index (χ3n) is 4.07. The second kappa shape index (κ2) is 7.89. The molecule has 21 heavy (non-hydrogen) atoms. The van der Waals surface area contributed by atoms with Crippen LogP contribution in [0.1, 0.15) is 17.7 Å². The van der Waals surface area contributed by atoms with Gasteiger partial charge in [-0.3, -0.25) is 4.79 Å². The van der Waals surface area contributed by atoms with Gasteiger partial charge in [0, 0.05) is 38.3 Å². The summed E-state index contributed by atoms with van der Waals surface area (Å²) in [5.74, 6) is 0.138. The van der Waals surface area contributed by atoms with Crippen molar-refractivity contribution >= 4 is 17.2 Å². The largest absolute Gasteiger partial charge is 0.383 e. The topological polar surface area (TPSA) is 64.8 Å². The number of nitrogens with zero attached hydrogens (tertiary/aromatic N) is 1. The van der Waals surface area contributed by atoms with E-state index < -0.39 is 5.41 Å². The summed E-state index contributed by atoms with van der Waals surface area (Å²) in [6.45, 7) is 3.36. The van der Waals surface area contributed by atoms with Crippen molar-refractivity contribution in [3.8, 4) is 0 Å². The number of carbonyl (C=O) groups excluding carboxylic acids is 1. The van der Waals surface area contributed by atoms with Gasteiger partial charge in [-0.1, -0.05) is 6.07 Å². The molecule has 0 unspecified atom stereocenters. The Morgan fingerprint density at radius 2 is 2.29 bits per heavy atom. The number of hydrogen-bond acceptors (Lipinski definition) is 5. The molecule has 0 atom stereocenters. The van der Waals surface area contributed by atoms with E-state index in [9.17, 15) is 4.79 Å². The molecule has 1 aromatic heterocycles. The monoisotopic (exact) mass is 312 g/mol. The van der Waals surface area contributed by atoms with Crippen LogP contribution in [-0.2, 0) is 20.8 Å². The molecule has 1 aromatic rings. The van der Waals surface area contributed by atoms with Crippen molar-refractivity contribution in [3.05, 3.63) is 22.4 Å². The van der Waals surface area contributed by atoms with Crippen LogP contribution in [-0.4, -0.2) is 50.8 Å². The summed E-state index contributed by atoms with van der Waals surface area (Å²) in [7, 11) is 1.65. The first-order chi connectivity index (χ1) is 10.2. The van der Waals surface area contributed by atoms with Gasteiger partial charge in [-0.25, -0.2) is 0 Å². The maximum Gasteiger partial charge on any atom is 0.230 e. The zero-order valence-electron chi connectivity index (χ0n) is 12.5. The fourth-order valence-electron chi connectivity index (χ4n) is 2.65. The minimum absolute atomic E-state index is 0.138. The molecule has 0 aliphatic carbocycles. The number of hydrogen-bond donors (Lipinski definition) is 1. The summed E-state index contributed by atoms with van der Waals surface area (Å²) in [5, 5.41) is 2.03. The number of methoxy groups -OCH3 is 1. The molecule has 1 amide bonds. The van der Waals surface area contributed by atoms with Crippen molar-refractivity contribution < 1.29 is 14.3 Å². The van der Waals surface area contributed by atoms with Crippen LogP contribution < -0.4 is 5.73 Å². The van der Waals surface area contributed by atoms with E-state index in [1.807, 2.05) is 16.3 Å². The minimum Gasteiger partial charge on any atom is -0.383 e. The minimum atomic E-state index is -0.469. The first kappa shape index (κ1) is 16.4. The summed E-state index contributed by atoms with van der Waals surface area (Å²) in [6, 6.07) is 4.06. The third-order valence-corrected chi connectivity index (χ3v) is 4.93. The standard InChI is InChI=1S/C15H24N2O3S/c1-19-9-6-17(11-13-3-2-10-21-13)14(18)15(12-16)4-7-20-8-5-15/h2-3,10H,4-9,11-12,16H2,1H3. The molecule has 118 valence electrons. The number of nitrogens with two attached hydrogens (primary N) is 1. The molecule has 1 fully saturated rings. The first-order valence-corrected chi connectivity index (χ1v) is 8.18. The summed E-state index contributed by atoms with van der Waals surface area (Å²) in [4.78, 5) is 16.1. The normalized spacial score (nSPS) is 17.6. The van der Waals surface area contributed by atoms with Crippen LogP contribution in [0.3, 0.4) is 0 Å². The first-order valence-electron chi connectivity index (χ1n) is 7.30. The van der Waals surface area contributed by atoms with Crippen LogP contribution in [0.15, 0.2) is 17.5 Å². The second-order valence-corrected chi connectivity index (χ2v) is 6.43. The Hall–Kier alpha value is -0.950. The van der Waals surface area contributed by atoms with Crippen molar-refractivity contribution in [1.82, 2.24) is 4.90 Å². The third kappa shape index (κ3) is 4.03. The van der Waals surface area contributed by atoms with Crippen molar-refractivity contribution in [2.24, 2.45) is 11.1 Å². The van der Waals surface area contributed by atoms with E-state index in [1.54, 1.807) is 18.4 Å². The number of ether oxygens (including phenoxy) is 2. The zero-order chi connectivity index (χ0) is 15.1. The van der Waals surface area contributed by atoms with Crippen LogP contribution in [0.5, 0.6) is 0 Å². The molecular formula is C15H24N2O3S.